The van der Waals surface area contributed by atoms with Gasteiger partial charge < -0.3 is 28.0 Å². The number of carbonyl (C=O) groups is 1. The van der Waals surface area contributed by atoms with Crippen LogP contribution in [0.4, 0.5) is 0 Å². The molecule has 6 heteroatoms. The quantitative estimate of drug-likeness (QED) is 0.382. The maximum absolute atomic E-state index is 10.8. The first-order valence-electron chi connectivity index (χ1n) is 4.24. The Hall–Kier alpha value is -1.47. The van der Waals surface area contributed by atoms with Crippen LogP contribution in [0.25, 0.3) is 0 Å². The van der Waals surface area contributed by atoms with Crippen molar-refractivity contribution in [1.29, 1.82) is 0 Å². The maximum Gasteiger partial charge on any atom is 0.342 e. The minimum atomic E-state index is -2.23. The predicted molar refractivity (Wildman–Crippen MR) is 55.2 cm³/mol. The Balaban J connectivity index is 3.19. The predicted octanol–water partition coefficient (Wildman–Crippen LogP) is -1.54. The summed E-state index contributed by atoms with van der Waals surface area (Å²) in [4.78, 5) is 10.8. The molecule has 0 spiro atoms. The van der Waals surface area contributed by atoms with Crippen LogP contribution in [-0.2, 0) is 10.5 Å². The Morgan fingerprint density at radius 3 is 1.93 bits per heavy atom. The van der Waals surface area contributed by atoms with Crippen LogP contribution in [0.3, 0.4) is 0 Å². The summed E-state index contributed by atoms with van der Waals surface area (Å²) in [6.07, 6.45) is 0. The molecule has 1 aromatic rings. The Morgan fingerprint density at radius 2 is 1.53 bits per heavy atom. The molecule has 0 unspecified atom stereocenters. The van der Waals surface area contributed by atoms with Crippen LogP contribution in [0, 0.1) is 0 Å². The van der Waals surface area contributed by atoms with Crippen LogP contribution < -0.4 is 22.9 Å². The molecule has 9 N–H and O–H groups in total. The number of carboxylic acids is 1. The molecule has 0 atom stereocenters. The molecule has 0 radical (unpaired) electrons. The fraction of sp³-hybridized carbons (Fsp3) is 0.222. The van der Waals surface area contributed by atoms with Gasteiger partial charge in [0, 0.05) is 0 Å². The smallest absolute Gasteiger partial charge is 0.342 e. The highest BCUT2D eigenvalue weighted by Crippen LogP contribution is 2.19. The molecule has 82 valence electrons. The summed E-state index contributed by atoms with van der Waals surface area (Å²) in [6.45, 7) is 0. The van der Waals surface area contributed by atoms with E-state index in [9.17, 15) is 4.79 Å². The third kappa shape index (κ3) is 1.83. The monoisotopic (exact) mass is 210 g/mol. The summed E-state index contributed by atoms with van der Waals surface area (Å²) in [5, 5.41) is 8.83. The van der Waals surface area contributed by atoms with Gasteiger partial charge >= 0.3 is 5.97 Å². The van der Waals surface area contributed by atoms with Gasteiger partial charge in [-0.3, -0.25) is 0 Å². The van der Waals surface area contributed by atoms with Crippen molar-refractivity contribution in [3.63, 3.8) is 0 Å². The molecule has 0 heterocycles. The van der Waals surface area contributed by atoms with Gasteiger partial charge in [0.05, 0.1) is 0 Å². The molecule has 15 heavy (non-hydrogen) atoms. The van der Waals surface area contributed by atoms with Crippen molar-refractivity contribution in [1.82, 2.24) is 0 Å². The molecule has 0 amide bonds. The van der Waals surface area contributed by atoms with Crippen molar-refractivity contribution in [2.24, 2.45) is 22.9 Å². The van der Waals surface area contributed by atoms with Gasteiger partial charge in [0.1, 0.15) is 5.66 Å². The number of nitrogens with two attached hydrogens (primary N) is 4. The third-order valence-electron chi connectivity index (χ3n) is 2.29. The van der Waals surface area contributed by atoms with E-state index in [4.69, 9.17) is 28.0 Å². The standard InChI is InChI=1S/C9H14N4O2/c10-8(11,9(12,13)7(14)15)6-4-2-1-3-5-6/h1-5H,10-13H2,(H,14,15). The fourth-order valence-corrected chi connectivity index (χ4v) is 1.13. The van der Waals surface area contributed by atoms with Crippen molar-refractivity contribution >= 4 is 5.97 Å². The van der Waals surface area contributed by atoms with E-state index >= 15 is 0 Å². The van der Waals surface area contributed by atoms with Gasteiger partial charge in [-0.25, -0.2) is 4.79 Å². The second kappa shape index (κ2) is 3.59. The maximum atomic E-state index is 10.8. The number of rotatable bonds is 3. The number of aliphatic carboxylic acids is 1. The number of benzene rings is 1. The molecule has 0 saturated carbocycles. The lowest BCUT2D eigenvalue weighted by atomic mass is 9.88. The van der Waals surface area contributed by atoms with Crippen LogP contribution in [-0.4, -0.2) is 16.7 Å². The first-order valence-corrected chi connectivity index (χ1v) is 4.24. The molecule has 0 saturated heterocycles. The average molecular weight is 210 g/mol. The van der Waals surface area contributed by atoms with E-state index in [2.05, 4.69) is 0 Å². The fourth-order valence-electron chi connectivity index (χ4n) is 1.13. The van der Waals surface area contributed by atoms with Gasteiger partial charge in [0.2, 0.25) is 0 Å². The zero-order valence-corrected chi connectivity index (χ0v) is 8.05. The molecular formula is C9H14N4O2. The highest BCUT2D eigenvalue weighted by atomic mass is 16.4. The van der Waals surface area contributed by atoms with Gasteiger partial charge in [-0.1, -0.05) is 30.3 Å². The van der Waals surface area contributed by atoms with Gasteiger partial charge in [0.15, 0.2) is 5.66 Å². The van der Waals surface area contributed by atoms with Crippen LogP contribution in [0.2, 0.25) is 0 Å². The summed E-state index contributed by atoms with van der Waals surface area (Å²) in [5.74, 6) is -1.46. The molecule has 1 rings (SSSR count). The van der Waals surface area contributed by atoms with E-state index in [1.807, 2.05) is 0 Å². The normalized spacial score (nSPS) is 12.5. The lowest BCUT2D eigenvalue weighted by molar-refractivity contribution is -0.146. The second-order valence-corrected chi connectivity index (χ2v) is 3.41. The summed E-state index contributed by atoms with van der Waals surface area (Å²) in [7, 11) is 0. The van der Waals surface area contributed by atoms with Crippen molar-refractivity contribution in [3.8, 4) is 0 Å². The van der Waals surface area contributed by atoms with Gasteiger partial charge in [-0.2, -0.15) is 0 Å². The Bertz CT molecular complexity index is 362. The molecule has 0 aliphatic heterocycles. The van der Waals surface area contributed by atoms with Crippen LogP contribution in [0.1, 0.15) is 5.56 Å². The lowest BCUT2D eigenvalue weighted by Gasteiger charge is -2.36. The average Bonchev–Trinajstić information content (AvgIpc) is 2.18. The minimum absolute atomic E-state index is 0.359. The highest BCUT2D eigenvalue weighted by Gasteiger charge is 2.48. The summed E-state index contributed by atoms with van der Waals surface area (Å²) in [6, 6.07) is 8.22. The molecule has 0 fully saturated rings. The van der Waals surface area contributed by atoms with Crippen LogP contribution in [0.5, 0.6) is 0 Å². The van der Waals surface area contributed by atoms with Crippen molar-refractivity contribution in [2.45, 2.75) is 11.3 Å². The zero-order valence-electron chi connectivity index (χ0n) is 8.05. The lowest BCUT2D eigenvalue weighted by Crippen LogP contribution is -2.77. The van der Waals surface area contributed by atoms with Crippen molar-refractivity contribution < 1.29 is 9.90 Å². The Morgan fingerprint density at radius 1 is 1.07 bits per heavy atom. The van der Waals surface area contributed by atoms with Gasteiger partial charge in [0.25, 0.3) is 0 Å². The largest absolute Gasteiger partial charge is 0.479 e. The molecule has 6 nitrogen and oxygen atoms in total. The summed E-state index contributed by atoms with van der Waals surface area (Å²) in [5.41, 5.74) is 18.4. The number of hydrogen-bond donors (Lipinski definition) is 5. The molecule has 1 aromatic carbocycles. The minimum Gasteiger partial charge on any atom is -0.479 e. The van der Waals surface area contributed by atoms with E-state index < -0.39 is 17.3 Å². The molecular weight excluding hydrogens is 196 g/mol. The Kier molecular flexibility index (Phi) is 2.78. The first kappa shape index (κ1) is 11.6. The van der Waals surface area contributed by atoms with E-state index in [0.717, 1.165) is 0 Å². The second-order valence-electron chi connectivity index (χ2n) is 3.41. The first-order chi connectivity index (χ1) is 6.80. The van der Waals surface area contributed by atoms with E-state index in [1.54, 1.807) is 30.3 Å². The third-order valence-corrected chi connectivity index (χ3v) is 2.29. The van der Waals surface area contributed by atoms with Crippen molar-refractivity contribution in [2.75, 3.05) is 0 Å². The molecule has 0 aliphatic rings. The number of hydrogen-bond acceptors (Lipinski definition) is 5. The summed E-state index contributed by atoms with van der Waals surface area (Å²) >= 11 is 0. The van der Waals surface area contributed by atoms with Gasteiger partial charge in [-0.15, -0.1) is 0 Å². The summed E-state index contributed by atoms with van der Waals surface area (Å²) < 4.78 is 0. The molecule has 0 aromatic heterocycles. The highest BCUT2D eigenvalue weighted by molar-refractivity contribution is 5.80. The van der Waals surface area contributed by atoms with Crippen LogP contribution in [0.15, 0.2) is 30.3 Å². The zero-order chi connectivity index (χ0) is 11.7. The number of carboxylic acid groups (broad SMARTS) is 1. The van der Waals surface area contributed by atoms with Gasteiger partial charge in [-0.05, 0) is 5.56 Å². The van der Waals surface area contributed by atoms with E-state index in [0.29, 0.717) is 5.56 Å². The van der Waals surface area contributed by atoms with E-state index in [-0.39, 0.29) is 0 Å². The van der Waals surface area contributed by atoms with E-state index in [1.165, 1.54) is 0 Å². The topological polar surface area (TPSA) is 141 Å². The Labute approximate surface area is 86.8 Å². The van der Waals surface area contributed by atoms with Crippen LogP contribution >= 0.6 is 0 Å². The SMILES string of the molecule is NC(N)(C(=O)O)C(N)(N)c1ccccc1. The molecule has 0 aliphatic carbocycles. The van der Waals surface area contributed by atoms with Crippen molar-refractivity contribution in [3.05, 3.63) is 35.9 Å². The molecule has 0 bridgehead atoms.